The van der Waals surface area contributed by atoms with E-state index in [1.54, 1.807) is 5.48 Å². The number of rotatable bonds is 5. The van der Waals surface area contributed by atoms with E-state index < -0.39 is 16.0 Å². The fourth-order valence-corrected chi connectivity index (χ4v) is 0.890. The topological polar surface area (TPSA) is 72.5 Å². The van der Waals surface area contributed by atoms with Gasteiger partial charge in [0, 0.05) is 0 Å². The van der Waals surface area contributed by atoms with Crippen molar-refractivity contribution >= 4 is 16.0 Å². The van der Waals surface area contributed by atoms with E-state index in [1.807, 2.05) is 0 Å². The van der Waals surface area contributed by atoms with Gasteiger partial charge in [-0.2, -0.15) is 8.42 Å². The Labute approximate surface area is 70.8 Å². The van der Waals surface area contributed by atoms with Gasteiger partial charge in [0.25, 0.3) is 16.0 Å². The van der Waals surface area contributed by atoms with Gasteiger partial charge in [0.15, 0.2) is 0 Å². The molecule has 0 aliphatic heterocycles. The van der Waals surface area contributed by atoms with Gasteiger partial charge in [-0.15, -0.1) is 10.9 Å². The summed E-state index contributed by atoms with van der Waals surface area (Å²) in [5, 5.41) is 0. The second kappa shape index (κ2) is 4.68. The Bertz CT molecular complexity index is 280. The summed E-state index contributed by atoms with van der Waals surface area (Å²) >= 11 is 0. The van der Waals surface area contributed by atoms with Crippen molar-refractivity contribution in [2.75, 3.05) is 5.75 Å². The minimum absolute atomic E-state index is 0.357. The van der Waals surface area contributed by atoms with Gasteiger partial charge in [0.1, 0.15) is 0 Å². The van der Waals surface area contributed by atoms with Crippen LogP contribution in [0, 0.1) is 0 Å². The van der Waals surface area contributed by atoms with Gasteiger partial charge in [0.2, 0.25) is 0 Å². The van der Waals surface area contributed by atoms with E-state index >= 15 is 0 Å². The molecule has 0 spiro atoms. The van der Waals surface area contributed by atoms with Crippen LogP contribution in [0.1, 0.15) is 0 Å². The minimum Gasteiger partial charge on any atom is -0.268 e. The highest BCUT2D eigenvalue weighted by molar-refractivity contribution is 7.86. The average molecular weight is 191 g/mol. The second-order valence-electron chi connectivity index (χ2n) is 1.77. The molecule has 6 heteroatoms. The molecule has 0 aromatic carbocycles. The number of hydrogen-bond donors (Lipinski definition) is 1. The van der Waals surface area contributed by atoms with Crippen LogP contribution in [-0.4, -0.2) is 20.1 Å². The highest BCUT2D eigenvalue weighted by Crippen LogP contribution is 1.89. The van der Waals surface area contributed by atoms with Gasteiger partial charge in [-0.3, -0.25) is 4.79 Å². The third-order valence-corrected chi connectivity index (χ3v) is 1.76. The van der Waals surface area contributed by atoms with Gasteiger partial charge >= 0.3 is 0 Å². The molecule has 0 bridgehead atoms. The summed E-state index contributed by atoms with van der Waals surface area (Å²) in [5.74, 6) is -1.08. The van der Waals surface area contributed by atoms with E-state index in [9.17, 15) is 13.2 Å². The first-order valence-corrected chi connectivity index (χ1v) is 4.54. The Morgan fingerprint density at radius 3 is 2.50 bits per heavy atom. The first-order valence-electron chi connectivity index (χ1n) is 2.96. The maximum Gasteiger partial charge on any atom is 0.291 e. The van der Waals surface area contributed by atoms with Crippen molar-refractivity contribution in [2.45, 2.75) is 0 Å². The van der Waals surface area contributed by atoms with Crippen LogP contribution in [0.2, 0.25) is 0 Å². The van der Waals surface area contributed by atoms with Crippen LogP contribution in [0.5, 0.6) is 0 Å². The van der Waals surface area contributed by atoms with Crippen molar-refractivity contribution in [3.05, 3.63) is 25.3 Å². The minimum atomic E-state index is -3.73. The lowest BCUT2D eigenvalue weighted by molar-refractivity contribution is -0.122. The zero-order valence-corrected chi connectivity index (χ0v) is 7.13. The Morgan fingerprint density at radius 2 is 2.08 bits per heavy atom. The molecule has 0 fully saturated rings. The molecular formula is C6H9NO4S. The van der Waals surface area contributed by atoms with Crippen LogP contribution < -0.4 is 5.48 Å². The normalized spacial score (nSPS) is 10.3. The molecule has 1 amide bonds. The van der Waals surface area contributed by atoms with E-state index in [1.165, 1.54) is 0 Å². The fraction of sp³-hybridized carbons (Fsp3) is 0.167. The lowest BCUT2D eigenvalue weighted by Gasteiger charge is -2.00. The van der Waals surface area contributed by atoms with Crippen molar-refractivity contribution < 1.29 is 17.5 Å². The molecule has 0 aliphatic rings. The molecule has 0 saturated carbocycles. The van der Waals surface area contributed by atoms with Crippen molar-refractivity contribution in [3.63, 3.8) is 0 Å². The van der Waals surface area contributed by atoms with Crippen LogP contribution in [0.25, 0.3) is 0 Å². The summed E-state index contributed by atoms with van der Waals surface area (Å²) in [5.41, 5.74) is 1.66. The van der Waals surface area contributed by atoms with E-state index in [0.717, 1.165) is 12.2 Å². The largest absolute Gasteiger partial charge is 0.291 e. The third-order valence-electron chi connectivity index (χ3n) is 0.777. The molecule has 0 aromatic heterocycles. The highest BCUT2D eigenvalue weighted by Gasteiger charge is 2.09. The number of amides is 1. The van der Waals surface area contributed by atoms with Gasteiger partial charge < -0.3 is 0 Å². The number of hydroxylamine groups is 1. The smallest absolute Gasteiger partial charge is 0.268 e. The lowest BCUT2D eigenvalue weighted by atomic mass is 10.6. The summed E-state index contributed by atoms with van der Waals surface area (Å²) in [6, 6.07) is 0. The molecule has 0 heterocycles. The van der Waals surface area contributed by atoms with Crippen LogP contribution >= 0.6 is 0 Å². The van der Waals surface area contributed by atoms with Gasteiger partial charge in [-0.1, -0.05) is 12.7 Å². The van der Waals surface area contributed by atoms with E-state index in [2.05, 4.69) is 17.4 Å². The van der Waals surface area contributed by atoms with E-state index in [4.69, 9.17) is 0 Å². The fourth-order valence-electron chi connectivity index (χ4n) is 0.325. The summed E-state index contributed by atoms with van der Waals surface area (Å²) in [4.78, 5) is 10.4. The predicted octanol–water partition coefficient (Wildman–Crippen LogP) is -0.264. The zero-order chi connectivity index (χ0) is 9.61. The number of nitrogens with one attached hydrogen (secondary N) is 1. The standard InChI is InChI=1S/C6H9NO4S/c1-3-5-12(9,10)11-7-6(8)4-2/h3-4H,1-2,5H2,(H,7,8). The molecule has 0 atom stereocenters. The quantitative estimate of drug-likeness (QED) is 0.369. The maximum absolute atomic E-state index is 10.7. The number of carbonyl (C=O) groups is 1. The molecule has 0 saturated heterocycles. The lowest BCUT2D eigenvalue weighted by Crippen LogP contribution is -2.26. The van der Waals surface area contributed by atoms with Crippen LogP contribution in [0.3, 0.4) is 0 Å². The van der Waals surface area contributed by atoms with Gasteiger partial charge in [0.05, 0.1) is 5.75 Å². The summed E-state index contributed by atoms with van der Waals surface area (Å²) in [6.45, 7) is 6.30. The Hall–Kier alpha value is -1.14. The number of carbonyl (C=O) groups excluding carboxylic acids is 1. The van der Waals surface area contributed by atoms with E-state index in [-0.39, 0.29) is 5.75 Å². The van der Waals surface area contributed by atoms with Gasteiger partial charge in [-0.25, -0.2) is 5.48 Å². The van der Waals surface area contributed by atoms with Crippen molar-refractivity contribution in [2.24, 2.45) is 0 Å². The summed E-state index contributed by atoms with van der Waals surface area (Å²) in [6.07, 6.45) is 2.04. The maximum atomic E-state index is 10.7. The molecule has 12 heavy (non-hydrogen) atoms. The second-order valence-corrected chi connectivity index (χ2v) is 3.38. The van der Waals surface area contributed by atoms with Crippen LogP contribution in [0.4, 0.5) is 0 Å². The first kappa shape index (κ1) is 10.9. The van der Waals surface area contributed by atoms with Crippen molar-refractivity contribution in [3.8, 4) is 0 Å². The molecule has 68 valence electrons. The Morgan fingerprint density at radius 1 is 1.50 bits per heavy atom. The SMILES string of the molecule is C=CCS(=O)(=O)ONC(=O)C=C. The monoisotopic (exact) mass is 191 g/mol. The Kier molecular flexibility index (Phi) is 4.24. The third kappa shape index (κ3) is 4.64. The molecule has 0 unspecified atom stereocenters. The van der Waals surface area contributed by atoms with Crippen molar-refractivity contribution in [1.29, 1.82) is 0 Å². The molecule has 1 N–H and O–H groups in total. The molecular weight excluding hydrogens is 182 g/mol. The molecule has 0 rings (SSSR count). The van der Waals surface area contributed by atoms with Crippen LogP contribution in [-0.2, 0) is 19.2 Å². The molecule has 5 nitrogen and oxygen atoms in total. The Balaban J connectivity index is 4.00. The summed E-state index contributed by atoms with van der Waals surface area (Å²) < 4.78 is 25.5. The summed E-state index contributed by atoms with van der Waals surface area (Å²) in [7, 11) is -3.73. The molecule has 0 radical (unpaired) electrons. The number of hydrogen-bond acceptors (Lipinski definition) is 4. The first-order chi connectivity index (χ1) is 5.52. The highest BCUT2D eigenvalue weighted by atomic mass is 32.2. The predicted molar refractivity (Wildman–Crippen MR) is 43.4 cm³/mol. The average Bonchev–Trinajstić information content (AvgIpc) is 2.00. The van der Waals surface area contributed by atoms with Crippen molar-refractivity contribution in [1.82, 2.24) is 5.48 Å². The zero-order valence-electron chi connectivity index (χ0n) is 6.32. The van der Waals surface area contributed by atoms with Crippen LogP contribution in [0.15, 0.2) is 25.3 Å². The van der Waals surface area contributed by atoms with E-state index in [0.29, 0.717) is 0 Å². The van der Waals surface area contributed by atoms with Gasteiger partial charge in [-0.05, 0) is 6.08 Å². The molecule has 0 aliphatic carbocycles. The molecule has 0 aromatic rings.